The number of carbonyl (C=O) groups is 1. The summed E-state index contributed by atoms with van der Waals surface area (Å²) < 4.78 is 0. The van der Waals surface area contributed by atoms with Crippen molar-refractivity contribution in [2.45, 2.75) is 25.4 Å². The van der Waals surface area contributed by atoms with Gasteiger partial charge in [0.2, 0.25) is 0 Å². The van der Waals surface area contributed by atoms with Crippen molar-refractivity contribution < 1.29 is 9.90 Å². The predicted octanol–water partition coefficient (Wildman–Crippen LogP) is 1.74. The van der Waals surface area contributed by atoms with Crippen LogP contribution < -0.4 is 4.90 Å². The smallest absolute Gasteiger partial charge is 0.253 e. The Kier molecular flexibility index (Phi) is 3.80. The number of benzene rings is 1. The maximum Gasteiger partial charge on any atom is 0.253 e. The Balaban J connectivity index is 2.11. The molecule has 0 spiro atoms. The second-order valence-electron chi connectivity index (χ2n) is 5.77. The second-order valence-corrected chi connectivity index (χ2v) is 5.77. The van der Waals surface area contributed by atoms with E-state index in [0.717, 1.165) is 25.1 Å². The number of anilines is 1. The van der Waals surface area contributed by atoms with Gasteiger partial charge >= 0.3 is 0 Å². The number of hydrogen-bond acceptors (Lipinski definition) is 3. The van der Waals surface area contributed by atoms with Crippen LogP contribution in [0.1, 0.15) is 30.1 Å². The number of nitrogens with zero attached hydrogens (tertiary/aromatic N) is 2. The number of amides is 1. The molecule has 0 saturated carbocycles. The summed E-state index contributed by atoms with van der Waals surface area (Å²) in [5.41, 5.74) is 1.00. The Morgan fingerprint density at radius 3 is 2.47 bits per heavy atom. The molecule has 2 rings (SSSR count). The maximum atomic E-state index is 12.4. The standard InChI is InChI=1S/C15H22N2O2/c1-15(19)9-4-10-17(11-15)14(18)12-5-7-13(8-6-12)16(2)3/h5-8,19H,4,9-11H2,1-3H3. The molecule has 1 aliphatic heterocycles. The van der Waals surface area contributed by atoms with Crippen LogP contribution in [0.4, 0.5) is 5.69 Å². The summed E-state index contributed by atoms with van der Waals surface area (Å²) in [4.78, 5) is 16.1. The van der Waals surface area contributed by atoms with Gasteiger partial charge in [0.1, 0.15) is 0 Å². The van der Waals surface area contributed by atoms with Gasteiger partial charge in [0.15, 0.2) is 0 Å². The number of aliphatic hydroxyl groups is 1. The van der Waals surface area contributed by atoms with Crippen LogP contribution in [0.15, 0.2) is 24.3 Å². The van der Waals surface area contributed by atoms with E-state index in [4.69, 9.17) is 0 Å². The lowest BCUT2D eigenvalue weighted by Gasteiger charge is -2.36. The minimum atomic E-state index is -0.752. The van der Waals surface area contributed by atoms with E-state index in [1.165, 1.54) is 0 Å². The van der Waals surface area contributed by atoms with Crippen molar-refractivity contribution >= 4 is 11.6 Å². The third-order valence-electron chi connectivity index (χ3n) is 3.59. The molecule has 104 valence electrons. The Morgan fingerprint density at radius 1 is 1.32 bits per heavy atom. The second kappa shape index (κ2) is 5.21. The van der Waals surface area contributed by atoms with Gasteiger partial charge in [0.25, 0.3) is 5.91 Å². The lowest BCUT2D eigenvalue weighted by Crippen LogP contribution is -2.48. The van der Waals surface area contributed by atoms with E-state index in [9.17, 15) is 9.90 Å². The Hall–Kier alpha value is -1.55. The molecule has 1 aromatic rings. The average Bonchev–Trinajstić information content (AvgIpc) is 2.37. The number of likely N-dealkylation sites (tertiary alicyclic amines) is 1. The van der Waals surface area contributed by atoms with Gasteiger partial charge in [-0.1, -0.05) is 0 Å². The molecule has 1 aromatic carbocycles. The molecule has 4 heteroatoms. The first-order valence-corrected chi connectivity index (χ1v) is 6.68. The first kappa shape index (κ1) is 13.9. The van der Waals surface area contributed by atoms with Crippen molar-refractivity contribution in [2.24, 2.45) is 0 Å². The highest BCUT2D eigenvalue weighted by atomic mass is 16.3. The number of piperidine rings is 1. The van der Waals surface area contributed by atoms with E-state index in [0.29, 0.717) is 12.1 Å². The third kappa shape index (κ3) is 3.26. The number of carbonyl (C=O) groups excluding carboxylic acids is 1. The largest absolute Gasteiger partial charge is 0.388 e. The lowest BCUT2D eigenvalue weighted by atomic mass is 9.94. The molecule has 1 saturated heterocycles. The van der Waals surface area contributed by atoms with Crippen LogP contribution in [0.25, 0.3) is 0 Å². The molecule has 1 fully saturated rings. The highest BCUT2D eigenvalue weighted by Crippen LogP contribution is 2.22. The molecule has 1 unspecified atom stereocenters. The molecule has 1 atom stereocenters. The van der Waals surface area contributed by atoms with Crippen molar-refractivity contribution in [1.82, 2.24) is 4.90 Å². The highest BCUT2D eigenvalue weighted by molar-refractivity contribution is 5.94. The molecule has 19 heavy (non-hydrogen) atoms. The van der Waals surface area contributed by atoms with Gasteiger partial charge in [0.05, 0.1) is 5.60 Å². The van der Waals surface area contributed by atoms with Gasteiger partial charge in [0, 0.05) is 38.4 Å². The topological polar surface area (TPSA) is 43.8 Å². The van der Waals surface area contributed by atoms with E-state index < -0.39 is 5.60 Å². The number of rotatable bonds is 2. The minimum absolute atomic E-state index is 0.00489. The molecule has 1 N–H and O–H groups in total. The SMILES string of the molecule is CN(C)c1ccc(C(=O)N2CCCC(C)(O)C2)cc1. The van der Waals surface area contributed by atoms with E-state index in [1.54, 1.807) is 11.8 Å². The number of hydrogen-bond donors (Lipinski definition) is 1. The zero-order valence-corrected chi connectivity index (χ0v) is 11.9. The summed E-state index contributed by atoms with van der Waals surface area (Å²) in [6.45, 7) is 2.94. The fraction of sp³-hybridized carbons (Fsp3) is 0.533. The van der Waals surface area contributed by atoms with E-state index in [1.807, 2.05) is 43.3 Å². The fourth-order valence-electron chi connectivity index (χ4n) is 2.48. The van der Waals surface area contributed by atoms with Crippen molar-refractivity contribution in [3.63, 3.8) is 0 Å². The quantitative estimate of drug-likeness (QED) is 0.883. The van der Waals surface area contributed by atoms with Crippen LogP contribution in [0.3, 0.4) is 0 Å². The van der Waals surface area contributed by atoms with Crippen LogP contribution in [0.2, 0.25) is 0 Å². The van der Waals surface area contributed by atoms with Gasteiger partial charge in [-0.3, -0.25) is 4.79 Å². The van der Waals surface area contributed by atoms with Crippen molar-refractivity contribution in [3.8, 4) is 0 Å². The minimum Gasteiger partial charge on any atom is -0.388 e. The van der Waals surface area contributed by atoms with Crippen molar-refractivity contribution in [1.29, 1.82) is 0 Å². The van der Waals surface area contributed by atoms with Crippen LogP contribution in [0.5, 0.6) is 0 Å². The first-order valence-electron chi connectivity index (χ1n) is 6.68. The van der Waals surface area contributed by atoms with Gasteiger partial charge in [-0.05, 0) is 44.0 Å². The summed E-state index contributed by atoms with van der Waals surface area (Å²) in [7, 11) is 3.94. The Bertz CT molecular complexity index is 452. The van der Waals surface area contributed by atoms with Gasteiger partial charge < -0.3 is 14.9 Å². The lowest BCUT2D eigenvalue weighted by molar-refractivity contribution is -0.0107. The molecule has 0 radical (unpaired) electrons. The van der Waals surface area contributed by atoms with Gasteiger partial charge in [-0.2, -0.15) is 0 Å². The zero-order chi connectivity index (χ0) is 14.0. The molecular weight excluding hydrogens is 240 g/mol. The average molecular weight is 262 g/mol. The van der Waals surface area contributed by atoms with Gasteiger partial charge in [-0.15, -0.1) is 0 Å². The monoisotopic (exact) mass is 262 g/mol. The van der Waals surface area contributed by atoms with Crippen LogP contribution in [-0.4, -0.2) is 48.7 Å². The molecule has 4 nitrogen and oxygen atoms in total. The molecule has 1 amide bonds. The Morgan fingerprint density at radius 2 is 1.95 bits per heavy atom. The van der Waals surface area contributed by atoms with Crippen molar-refractivity contribution in [2.75, 3.05) is 32.1 Å². The van der Waals surface area contributed by atoms with E-state index >= 15 is 0 Å². The van der Waals surface area contributed by atoms with Crippen LogP contribution >= 0.6 is 0 Å². The molecule has 1 aliphatic rings. The molecule has 0 aromatic heterocycles. The maximum absolute atomic E-state index is 12.4. The van der Waals surface area contributed by atoms with E-state index in [-0.39, 0.29) is 5.91 Å². The highest BCUT2D eigenvalue weighted by Gasteiger charge is 2.31. The molecular formula is C15H22N2O2. The summed E-state index contributed by atoms with van der Waals surface area (Å²) in [6.07, 6.45) is 1.62. The Labute approximate surface area is 114 Å². The molecule has 0 aliphatic carbocycles. The molecule has 1 heterocycles. The van der Waals surface area contributed by atoms with E-state index in [2.05, 4.69) is 0 Å². The zero-order valence-electron chi connectivity index (χ0n) is 11.9. The van der Waals surface area contributed by atoms with Crippen LogP contribution in [-0.2, 0) is 0 Å². The third-order valence-corrected chi connectivity index (χ3v) is 3.59. The first-order chi connectivity index (χ1) is 8.89. The predicted molar refractivity (Wildman–Crippen MR) is 76.5 cm³/mol. The van der Waals surface area contributed by atoms with Crippen LogP contribution in [0, 0.1) is 0 Å². The summed E-state index contributed by atoms with van der Waals surface area (Å²) in [5, 5.41) is 10.1. The molecule has 0 bridgehead atoms. The normalized spacial score (nSPS) is 23.3. The number of β-amino-alcohol motifs (C(OH)–C–C–N with tert-alkyl or cyclic N) is 1. The fourth-order valence-corrected chi connectivity index (χ4v) is 2.48. The summed E-state index contributed by atoms with van der Waals surface area (Å²) in [6, 6.07) is 7.58. The summed E-state index contributed by atoms with van der Waals surface area (Å²) in [5.74, 6) is 0.00489. The summed E-state index contributed by atoms with van der Waals surface area (Å²) >= 11 is 0. The van der Waals surface area contributed by atoms with Gasteiger partial charge in [-0.25, -0.2) is 0 Å². The van der Waals surface area contributed by atoms with Crippen molar-refractivity contribution in [3.05, 3.63) is 29.8 Å².